The molecule has 6 nitrogen and oxygen atoms in total. The highest BCUT2D eigenvalue weighted by Gasteiger charge is 2.11. The van der Waals surface area contributed by atoms with Crippen LogP contribution in [-0.4, -0.2) is 19.2 Å². The highest BCUT2D eigenvalue weighted by atomic mass is 16.3. The number of hydrogen-bond donors (Lipinski definition) is 1. The lowest BCUT2D eigenvalue weighted by molar-refractivity contribution is 0.382. The third kappa shape index (κ3) is 4.94. The minimum absolute atomic E-state index is 0.235. The van der Waals surface area contributed by atoms with E-state index in [1.54, 1.807) is 6.20 Å². The molecule has 1 N–H and O–H groups in total. The minimum atomic E-state index is -0.492. The zero-order chi connectivity index (χ0) is 19.1. The van der Waals surface area contributed by atoms with Gasteiger partial charge < -0.3 is 5.11 Å². The van der Waals surface area contributed by atoms with Crippen LogP contribution < -0.4 is 11.2 Å². The van der Waals surface area contributed by atoms with Crippen molar-refractivity contribution in [1.82, 2.24) is 14.1 Å². The molecule has 0 saturated carbocycles. The molecule has 0 spiro atoms. The fourth-order valence-electron chi connectivity index (χ4n) is 3.04. The molecule has 3 rings (SSSR count). The fourth-order valence-corrected chi connectivity index (χ4v) is 3.04. The Hall–Kier alpha value is -3.15. The summed E-state index contributed by atoms with van der Waals surface area (Å²) in [6.45, 7) is 0.611. The van der Waals surface area contributed by atoms with Crippen LogP contribution in [0, 0.1) is 0 Å². The fraction of sp³-hybridized carbons (Fsp3) is 0.286. The third-order valence-electron chi connectivity index (χ3n) is 4.51. The number of rotatable bonds is 8. The summed E-state index contributed by atoms with van der Waals surface area (Å²) in [4.78, 5) is 29.0. The lowest BCUT2D eigenvalue weighted by Crippen LogP contribution is -2.39. The Morgan fingerprint density at radius 2 is 1.63 bits per heavy atom. The maximum Gasteiger partial charge on any atom is 0.333 e. The first-order valence-electron chi connectivity index (χ1n) is 9.12. The standard InChI is InChI=1S/C21H23N3O3/c25-19-16-20(26)24(15-12-18-11-4-6-13-22-18)21(27)23(19)14-7-5-10-17-8-2-1-3-9-17/h1-4,6,8-9,11,13,16,25H,5,7,10,12,14-15H2. The van der Waals surface area contributed by atoms with Gasteiger partial charge in [0.2, 0.25) is 5.88 Å². The molecule has 0 amide bonds. The van der Waals surface area contributed by atoms with E-state index in [-0.39, 0.29) is 12.4 Å². The van der Waals surface area contributed by atoms with Gasteiger partial charge in [0.05, 0.1) is 6.07 Å². The van der Waals surface area contributed by atoms with Gasteiger partial charge in [-0.05, 0) is 37.0 Å². The maximum atomic E-state index is 12.6. The molecule has 1 aromatic carbocycles. The molecule has 2 aromatic heterocycles. The Morgan fingerprint density at radius 3 is 2.37 bits per heavy atom. The van der Waals surface area contributed by atoms with Crippen LogP contribution in [0.1, 0.15) is 24.1 Å². The predicted octanol–water partition coefficient (Wildman–Crippen LogP) is 2.38. The molecule has 0 aliphatic rings. The van der Waals surface area contributed by atoms with E-state index in [4.69, 9.17) is 0 Å². The van der Waals surface area contributed by atoms with E-state index in [1.165, 1.54) is 10.1 Å². The topological polar surface area (TPSA) is 77.1 Å². The number of pyridine rings is 1. The molecule has 2 heterocycles. The van der Waals surface area contributed by atoms with Gasteiger partial charge in [-0.3, -0.25) is 18.9 Å². The molecular formula is C21H23N3O3. The van der Waals surface area contributed by atoms with Gasteiger partial charge in [0.1, 0.15) is 0 Å². The Kier molecular flexibility index (Phi) is 6.20. The van der Waals surface area contributed by atoms with Crippen molar-refractivity contribution in [3.8, 4) is 5.88 Å². The number of hydrogen-bond acceptors (Lipinski definition) is 4. The van der Waals surface area contributed by atoms with E-state index >= 15 is 0 Å². The van der Waals surface area contributed by atoms with Crippen molar-refractivity contribution in [2.24, 2.45) is 0 Å². The second kappa shape index (κ2) is 8.98. The van der Waals surface area contributed by atoms with Crippen molar-refractivity contribution in [2.45, 2.75) is 38.8 Å². The molecule has 0 unspecified atom stereocenters. The van der Waals surface area contributed by atoms with Gasteiger partial charge in [-0.2, -0.15) is 0 Å². The second-order valence-corrected chi connectivity index (χ2v) is 6.44. The quantitative estimate of drug-likeness (QED) is 0.622. The number of aromatic hydroxyl groups is 1. The van der Waals surface area contributed by atoms with Gasteiger partial charge in [-0.15, -0.1) is 0 Å². The van der Waals surface area contributed by atoms with Crippen molar-refractivity contribution < 1.29 is 5.11 Å². The molecule has 0 aliphatic heterocycles. The third-order valence-corrected chi connectivity index (χ3v) is 4.51. The van der Waals surface area contributed by atoms with Gasteiger partial charge in [0.15, 0.2) is 0 Å². The van der Waals surface area contributed by atoms with Gasteiger partial charge in [-0.1, -0.05) is 36.4 Å². The molecule has 0 radical (unpaired) electrons. The minimum Gasteiger partial charge on any atom is -0.494 e. The molecule has 0 aliphatic carbocycles. The molecule has 6 heteroatoms. The van der Waals surface area contributed by atoms with Crippen LogP contribution in [0.5, 0.6) is 5.88 Å². The lowest BCUT2D eigenvalue weighted by atomic mass is 10.1. The summed E-state index contributed by atoms with van der Waals surface area (Å²) in [5.41, 5.74) is 1.09. The zero-order valence-electron chi connectivity index (χ0n) is 15.1. The highest BCUT2D eigenvalue weighted by molar-refractivity contribution is 5.14. The smallest absolute Gasteiger partial charge is 0.333 e. The van der Waals surface area contributed by atoms with Gasteiger partial charge in [0.25, 0.3) is 5.56 Å². The van der Waals surface area contributed by atoms with Crippen molar-refractivity contribution >= 4 is 0 Å². The molecule has 0 saturated heterocycles. The summed E-state index contributed by atoms with van der Waals surface area (Å²) in [6, 6.07) is 16.8. The lowest BCUT2D eigenvalue weighted by Gasteiger charge is -2.12. The molecule has 0 atom stereocenters. The molecule has 0 fully saturated rings. The molecule has 0 bridgehead atoms. The molecule has 27 heavy (non-hydrogen) atoms. The van der Waals surface area contributed by atoms with Gasteiger partial charge >= 0.3 is 5.69 Å². The number of nitrogens with zero attached hydrogens (tertiary/aromatic N) is 3. The largest absolute Gasteiger partial charge is 0.494 e. The van der Waals surface area contributed by atoms with Crippen LogP contribution in [0.4, 0.5) is 0 Å². The van der Waals surface area contributed by atoms with E-state index in [1.807, 2.05) is 36.4 Å². The van der Waals surface area contributed by atoms with Crippen molar-refractivity contribution in [2.75, 3.05) is 0 Å². The van der Waals surface area contributed by atoms with E-state index in [2.05, 4.69) is 17.1 Å². The summed E-state index contributed by atoms with van der Waals surface area (Å²) in [5.74, 6) is -0.279. The van der Waals surface area contributed by atoms with Crippen LogP contribution in [0.2, 0.25) is 0 Å². The van der Waals surface area contributed by atoms with E-state index in [0.29, 0.717) is 13.0 Å². The first-order valence-corrected chi connectivity index (χ1v) is 9.12. The van der Waals surface area contributed by atoms with E-state index in [9.17, 15) is 14.7 Å². The van der Waals surface area contributed by atoms with Crippen molar-refractivity contribution in [3.63, 3.8) is 0 Å². The number of benzene rings is 1. The number of unbranched alkanes of at least 4 members (excludes halogenated alkanes) is 1. The first-order chi connectivity index (χ1) is 13.1. The monoisotopic (exact) mass is 365 g/mol. The summed E-state index contributed by atoms with van der Waals surface area (Å²) in [7, 11) is 0. The Balaban J connectivity index is 1.66. The van der Waals surface area contributed by atoms with Crippen LogP contribution in [-0.2, 0) is 25.9 Å². The number of aryl methyl sites for hydroxylation is 2. The molecule has 140 valence electrons. The first kappa shape index (κ1) is 18.6. The van der Waals surface area contributed by atoms with Crippen LogP contribution in [0.15, 0.2) is 70.4 Å². The van der Waals surface area contributed by atoms with Crippen LogP contribution in [0.25, 0.3) is 0 Å². The van der Waals surface area contributed by atoms with E-state index < -0.39 is 11.2 Å². The highest BCUT2D eigenvalue weighted by Crippen LogP contribution is 2.08. The Morgan fingerprint density at radius 1 is 0.852 bits per heavy atom. The summed E-state index contributed by atoms with van der Waals surface area (Å²) < 4.78 is 2.43. The van der Waals surface area contributed by atoms with Crippen LogP contribution in [0.3, 0.4) is 0 Å². The van der Waals surface area contributed by atoms with E-state index in [0.717, 1.165) is 35.6 Å². The van der Waals surface area contributed by atoms with Gasteiger partial charge in [-0.25, -0.2) is 4.79 Å². The van der Waals surface area contributed by atoms with Crippen molar-refractivity contribution in [1.29, 1.82) is 0 Å². The summed E-state index contributed by atoms with van der Waals surface area (Å²) in [6.07, 6.45) is 4.70. The normalized spacial score (nSPS) is 10.8. The zero-order valence-corrected chi connectivity index (χ0v) is 15.1. The molecular weight excluding hydrogens is 342 g/mol. The van der Waals surface area contributed by atoms with Gasteiger partial charge in [0, 0.05) is 31.4 Å². The Labute approximate surface area is 157 Å². The summed E-state index contributed by atoms with van der Waals surface area (Å²) in [5, 5.41) is 10.0. The average Bonchev–Trinajstić information content (AvgIpc) is 2.68. The Bertz CT molecular complexity index is 979. The molecule has 3 aromatic rings. The predicted molar refractivity (Wildman–Crippen MR) is 104 cm³/mol. The number of aromatic nitrogens is 3. The maximum absolute atomic E-state index is 12.6. The summed E-state index contributed by atoms with van der Waals surface area (Å²) >= 11 is 0. The average molecular weight is 365 g/mol. The van der Waals surface area contributed by atoms with Crippen LogP contribution >= 0.6 is 0 Å². The SMILES string of the molecule is O=c1cc(O)n(CCCCc2ccccc2)c(=O)n1CCc1ccccn1. The van der Waals surface area contributed by atoms with Crippen molar-refractivity contribution in [3.05, 3.63) is 92.9 Å². The second-order valence-electron chi connectivity index (χ2n) is 6.44.